The summed E-state index contributed by atoms with van der Waals surface area (Å²) < 4.78 is 5.92. The van der Waals surface area contributed by atoms with Gasteiger partial charge in [0.2, 0.25) is 0 Å². The van der Waals surface area contributed by atoms with Crippen LogP contribution in [-0.4, -0.2) is 17.4 Å². The maximum absolute atomic E-state index is 12.3. The zero-order valence-corrected chi connectivity index (χ0v) is 22.1. The number of carbonyl (C=O) groups is 1. The standard InChI is InChI=1S/C27H53BrO2/c1-3-5-7-9-14-18-22-26(23-19-15-10-8-6-4-2)30-27(29)24-20-16-12-11-13-17-21-25-28/h26H,3-25H2,1-2H3. The van der Waals surface area contributed by atoms with Crippen molar-refractivity contribution < 1.29 is 9.53 Å². The minimum Gasteiger partial charge on any atom is -0.462 e. The predicted molar refractivity (Wildman–Crippen MR) is 137 cm³/mol. The van der Waals surface area contributed by atoms with Gasteiger partial charge in [0.05, 0.1) is 0 Å². The Balaban J connectivity index is 3.96. The first kappa shape index (κ1) is 29.9. The van der Waals surface area contributed by atoms with Crippen molar-refractivity contribution in [3.63, 3.8) is 0 Å². The lowest BCUT2D eigenvalue weighted by Gasteiger charge is -2.18. The van der Waals surface area contributed by atoms with Gasteiger partial charge >= 0.3 is 5.97 Å². The summed E-state index contributed by atoms with van der Waals surface area (Å²) in [6.45, 7) is 4.53. The van der Waals surface area contributed by atoms with E-state index in [1.165, 1.54) is 116 Å². The summed E-state index contributed by atoms with van der Waals surface area (Å²) in [6, 6.07) is 0. The summed E-state index contributed by atoms with van der Waals surface area (Å²) in [7, 11) is 0. The van der Waals surface area contributed by atoms with Crippen molar-refractivity contribution in [2.45, 2.75) is 161 Å². The molecular formula is C27H53BrO2. The summed E-state index contributed by atoms with van der Waals surface area (Å²) in [5.41, 5.74) is 0. The highest BCUT2D eigenvalue weighted by Crippen LogP contribution is 2.18. The number of ether oxygens (including phenoxy) is 1. The second kappa shape index (κ2) is 25.2. The van der Waals surface area contributed by atoms with Gasteiger partial charge in [0.1, 0.15) is 6.10 Å². The quantitative estimate of drug-likeness (QED) is 0.0766. The molecule has 0 unspecified atom stereocenters. The van der Waals surface area contributed by atoms with Crippen LogP contribution in [0.25, 0.3) is 0 Å². The van der Waals surface area contributed by atoms with Crippen LogP contribution < -0.4 is 0 Å². The van der Waals surface area contributed by atoms with E-state index in [1.807, 2.05) is 0 Å². The van der Waals surface area contributed by atoms with E-state index in [0.29, 0.717) is 6.42 Å². The molecule has 0 saturated carbocycles. The largest absolute Gasteiger partial charge is 0.462 e. The number of rotatable bonds is 24. The van der Waals surface area contributed by atoms with Gasteiger partial charge in [0, 0.05) is 11.8 Å². The van der Waals surface area contributed by atoms with Gasteiger partial charge in [0.15, 0.2) is 0 Å². The maximum atomic E-state index is 12.3. The van der Waals surface area contributed by atoms with Crippen LogP contribution in [0.5, 0.6) is 0 Å². The van der Waals surface area contributed by atoms with Gasteiger partial charge in [-0.3, -0.25) is 4.79 Å². The van der Waals surface area contributed by atoms with Crippen molar-refractivity contribution in [3.05, 3.63) is 0 Å². The molecule has 0 N–H and O–H groups in total. The van der Waals surface area contributed by atoms with Crippen LogP contribution in [0.4, 0.5) is 0 Å². The lowest BCUT2D eigenvalue weighted by Crippen LogP contribution is -2.18. The van der Waals surface area contributed by atoms with Gasteiger partial charge in [-0.2, -0.15) is 0 Å². The first-order valence-electron chi connectivity index (χ1n) is 13.5. The Hall–Kier alpha value is -0.0500. The smallest absolute Gasteiger partial charge is 0.306 e. The first-order chi connectivity index (χ1) is 14.7. The molecule has 2 nitrogen and oxygen atoms in total. The Labute approximate surface area is 197 Å². The van der Waals surface area contributed by atoms with Crippen LogP contribution >= 0.6 is 15.9 Å². The van der Waals surface area contributed by atoms with E-state index in [0.717, 1.165) is 24.6 Å². The Kier molecular flexibility index (Phi) is 25.2. The molecule has 0 rings (SSSR count). The molecule has 30 heavy (non-hydrogen) atoms. The fraction of sp³-hybridized carbons (Fsp3) is 0.963. The van der Waals surface area contributed by atoms with Crippen molar-refractivity contribution >= 4 is 21.9 Å². The number of esters is 1. The molecule has 0 aliphatic rings. The van der Waals surface area contributed by atoms with Gasteiger partial charge in [-0.25, -0.2) is 0 Å². The first-order valence-corrected chi connectivity index (χ1v) is 14.6. The topological polar surface area (TPSA) is 26.3 Å². The van der Waals surface area contributed by atoms with E-state index in [-0.39, 0.29) is 12.1 Å². The number of halogens is 1. The molecule has 0 radical (unpaired) electrons. The van der Waals surface area contributed by atoms with Gasteiger partial charge < -0.3 is 4.74 Å². The SMILES string of the molecule is CCCCCCCCC(CCCCCCCC)OC(=O)CCCCCCCCCBr. The Morgan fingerprint density at radius 1 is 0.600 bits per heavy atom. The van der Waals surface area contributed by atoms with Crippen molar-refractivity contribution in [3.8, 4) is 0 Å². The Bertz CT molecular complexity index is 330. The third-order valence-electron chi connectivity index (χ3n) is 6.07. The molecule has 0 spiro atoms. The number of hydrogen-bond acceptors (Lipinski definition) is 2. The molecule has 0 atom stereocenters. The van der Waals surface area contributed by atoms with Gasteiger partial charge in [0.25, 0.3) is 0 Å². The van der Waals surface area contributed by atoms with Crippen LogP contribution in [0.3, 0.4) is 0 Å². The highest BCUT2D eigenvalue weighted by Gasteiger charge is 2.14. The zero-order chi connectivity index (χ0) is 22.1. The third kappa shape index (κ3) is 22.6. The zero-order valence-electron chi connectivity index (χ0n) is 20.5. The molecule has 0 aromatic rings. The summed E-state index contributed by atoms with van der Waals surface area (Å²) in [5, 5.41) is 1.12. The van der Waals surface area contributed by atoms with Crippen molar-refractivity contribution in [1.82, 2.24) is 0 Å². The molecule has 0 fully saturated rings. The van der Waals surface area contributed by atoms with Crippen LogP contribution in [0, 0.1) is 0 Å². The molecular weight excluding hydrogens is 436 g/mol. The average Bonchev–Trinajstić information content (AvgIpc) is 2.74. The van der Waals surface area contributed by atoms with Crippen LogP contribution in [0.1, 0.15) is 155 Å². The highest BCUT2D eigenvalue weighted by molar-refractivity contribution is 9.09. The number of hydrogen-bond donors (Lipinski definition) is 0. The van der Waals surface area contributed by atoms with Crippen molar-refractivity contribution in [2.75, 3.05) is 5.33 Å². The number of carbonyl (C=O) groups excluding carboxylic acids is 1. The minimum absolute atomic E-state index is 0.0521. The van der Waals surface area contributed by atoms with E-state index in [9.17, 15) is 4.79 Å². The highest BCUT2D eigenvalue weighted by atomic mass is 79.9. The molecule has 0 aromatic carbocycles. The number of alkyl halides is 1. The van der Waals surface area contributed by atoms with E-state index < -0.39 is 0 Å². The molecule has 0 heterocycles. The average molecular weight is 490 g/mol. The summed E-state index contributed by atoms with van der Waals surface area (Å²) in [4.78, 5) is 12.3. The summed E-state index contributed by atoms with van der Waals surface area (Å²) >= 11 is 3.49. The van der Waals surface area contributed by atoms with Crippen LogP contribution in [0.15, 0.2) is 0 Å². The van der Waals surface area contributed by atoms with Crippen LogP contribution in [-0.2, 0) is 9.53 Å². The molecule has 180 valence electrons. The molecule has 0 aromatic heterocycles. The monoisotopic (exact) mass is 488 g/mol. The van der Waals surface area contributed by atoms with E-state index in [4.69, 9.17) is 4.74 Å². The third-order valence-corrected chi connectivity index (χ3v) is 6.63. The molecule has 0 aliphatic carbocycles. The van der Waals surface area contributed by atoms with Gasteiger partial charge in [-0.05, 0) is 38.5 Å². The van der Waals surface area contributed by atoms with E-state index in [1.54, 1.807) is 0 Å². The van der Waals surface area contributed by atoms with E-state index >= 15 is 0 Å². The lowest BCUT2D eigenvalue weighted by atomic mass is 10.0. The summed E-state index contributed by atoms with van der Waals surface area (Å²) in [6.07, 6.45) is 27.3. The summed E-state index contributed by atoms with van der Waals surface area (Å²) in [5.74, 6) is 0.0521. The fourth-order valence-electron chi connectivity index (χ4n) is 4.06. The molecule has 3 heteroatoms. The molecule has 0 amide bonds. The fourth-order valence-corrected chi connectivity index (χ4v) is 4.46. The second-order valence-corrected chi connectivity index (χ2v) is 9.93. The van der Waals surface area contributed by atoms with Gasteiger partial charge in [-0.1, -0.05) is 126 Å². The molecule has 0 bridgehead atoms. The lowest BCUT2D eigenvalue weighted by molar-refractivity contribution is -0.150. The second-order valence-electron chi connectivity index (χ2n) is 9.14. The van der Waals surface area contributed by atoms with Crippen molar-refractivity contribution in [1.29, 1.82) is 0 Å². The Morgan fingerprint density at radius 2 is 1.00 bits per heavy atom. The van der Waals surface area contributed by atoms with E-state index in [2.05, 4.69) is 29.8 Å². The van der Waals surface area contributed by atoms with Crippen LogP contribution in [0.2, 0.25) is 0 Å². The Morgan fingerprint density at radius 3 is 1.47 bits per heavy atom. The normalized spacial score (nSPS) is 11.3. The van der Waals surface area contributed by atoms with Gasteiger partial charge in [-0.15, -0.1) is 0 Å². The van der Waals surface area contributed by atoms with Crippen molar-refractivity contribution in [2.24, 2.45) is 0 Å². The predicted octanol–water partition coefficient (Wildman–Crippen LogP) is 9.92. The molecule has 0 saturated heterocycles. The number of unbranched alkanes of at least 4 members (excludes halogenated alkanes) is 16. The maximum Gasteiger partial charge on any atom is 0.306 e. The molecule has 0 aliphatic heterocycles. The minimum atomic E-state index is 0.0521.